The van der Waals surface area contributed by atoms with E-state index in [1.807, 2.05) is 36.4 Å². The van der Waals surface area contributed by atoms with Crippen molar-refractivity contribution in [3.8, 4) is 0 Å². The largest absolute Gasteiger partial charge is 0.296 e. The Bertz CT molecular complexity index is 835. The molecule has 6 heteroatoms. The van der Waals surface area contributed by atoms with E-state index in [0.717, 1.165) is 31.0 Å². The Morgan fingerprint density at radius 1 is 1.04 bits per heavy atom. The van der Waals surface area contributed by atoms with Gasteiger partial charge in [0.1, 0.15) is 5.69 Å². The molecule has 3 aromatic rings. The highest BCUT2D eigenvalue weighted by molar-refractivity contribution is 5.29. The molecule has 1 fully saturated rings. The van der Waals surface area contributed by atoms with Gasteiger partial charge in [0.2, 0.25) is 0 Å². The zero-order chi connectivity index (χ0) is 17.9. The summed E-state index contributed by atoms with van der Waals surface area (Å²) in [6, 6.07) is 17.6. The molecule has 1 aliphatic heterocycles. The van der Waals surface area contributed by atoms with E-state index in [2.05, 4.69) is 32.2 Å². The molecule has 0 bridgehead atoms. The van der Waals surface area contributed by atoms with Crippen molar-refractivity contribution in [2.45, 2.75) is 24.8 Å². The third-order valence-electron chi connectivity index (χ3n) is 4.98. The zero-order valence-electron chi connectivity index (χ0n) is 14.2. The Labute approximate surface area is 150 Å². The number of rotatable bonds is 5. The summed E-state index contributed by atoms with van der Waals surface area (Å²) in [7, 11) is 0. The molecule has 1 saturated heterocycles. The second-order valence-electron chi connectivity index (χ2n) is 6.69. The highest BCUT2D eigenvalue weighted by Gasteiger charge is 2.36. The third-order valence-corrected chi connectivity index (χ3v) is 4.98. The van der Waals surface area contributed by atoms with Crippen LogP contribution in [-0.2, 0) is 6.54 Å². The maximum absolute atomic E-state index is 13.0. The highest BCUT2D eigenvalue weighted by atomic mass is 19.3. The lowest BCUT2D eigenvalue weighted by atomic mass is 9.87. The Morgan fingerprint density at radius 3 is 2.50 bits per heavy atom. The Hall–Kier alpha value is -2.60. The van der Waals surface area contributed by atoms with Crippen LogP contribution in [0.3, 0.4) is 0 Å². The number of nitrogens with zero attached hydrogens (tertiary/aromatic N) is 3. The van der Waals surface area contributed by atoms with Crippen molar-refractivity contribution in [3.63, 3.8) is 0 Å². The minimum Gasteiger partial charge on any atom is -0.296 e. The number of halogens is 2. The molecule has 1 N–H and O–H groups in total. The molecule has 26 heavy (non-hydrogen) atoms. The van der Waals surface area contributed by atoms with Crippen LogP contribution in [0, 0.1) is 0 Å². The molecule has 1 aliphatic rings. The summed E-state index contributed by atoms with van der Waals surface area (Å²) in [6.07, 6.45) is -0.761. The summed E-state index contributed by atoms with van der Waals surface area (Å²) in [5, 5.41) is 6.63. The maximum Gasteiger partial charge on any atom is 0.282 e. The number of aromatic nitrogens is 3. The van der Waals surface area contributed by atoms with Gasteiger partial charge in [-0.25, -0.2) is 8.78 Å². The molecule has 4 nitrogen and oxygen atoms in total. The monoisotopic (exact) mass is 354 g/mol. The molecular formula is C20H20F2N4. The minimum absolute atomic E-state index is 0.0983. The minimum atomic E-state index is -2.55. The summed E-state index contributed by atoms with van der Waals surface area (Å²) >= 11 is 0. The van der Waals surface area contributed by atoms with Gasteiger partial charge in [0.25, 0.3) is 6.43 Å². The average Bonchev–Trinajstić information content (AvgIpc) is 3.30. The fourth-order valence-corrected chi connectivity index (χ4v) is 3.74. The summed E-state index contributed by atoms with van der Waals surface area (Å²) in [6.45, 7) is 2.38. The van der Waals surface area contributed by atoms with E-state index < -0.39 is 6.43 Å². The van der Waals surface area contributed by atoms with Gasteiger partial charge in [0.15, 0.2) is 0 Å². The first-order valence-corrected chi connectivity index (χ1v) is 8.71. The molecule has 2 aromatic heterocycles. The number of aromatic amines is 1. The zero-order valence-corrected chi connectivity index (χ0v) is 14.2. The predicted octanol–water partition coefficient (Wildman–Crippen LogP) is 4.13. The van der Waals surface area contributed by atoms with Crippen LogP contribution in [0.5, 0.6) is 0 Å². The number of pyridine rings is 1. The van der Waals surface area contributed by atoms with E-state index in [4.69, 9.17) is 0 Å². The van der Waals surface area contributed by atoms with E-state index in [9.17, 15) is 8.78 Å². The number of hydrogen-bond donors (Lipinski definition) is 1. The van der Waals surface area contributed by atoms with Crippen LogP contribution in [0.15, 0.2) is 60.8 Å². The van der Waals surface area contributed by atoms with Crippen LogP contribution in [0.25, 0.3) is 0 Å². The molecule has 1 aromatic carbocycles. The normalized spacial score (nSPS) is 20.7. The van der Waals surface area contributed by atoms with Gasteiger partial charge in [0, 0.05) is 43.4 Å². The summed E-state index contributed by atoms with van der Waals surface area (Å²) in [5.74, 6) is 0.326. The maximum atomic E-state index is 13.0. The average molecular weight is 354 g/mol. The molecule has 134 valence electrons. The van der Waals surface area contributed by atoms with Gasteiger partial charge in [-0.15, -0.1) is 0 Å². The van der Waals surface area contributed by atoms with Crippen LogP contribution in [-0.4, -0.2) is 33.2 Å². The molecule has 3 heterocycles. The number of nitrogens with one attached hydrogen (secondary N) is 1. The molecule has 0 aliphatic carbocycles. The van der Waals surface area contributed by atoms with Gasteiger partial charge < -0.3 is 0 Å². The summed E-state index contributed by atoms with van der Waals surface area (Å²) < 4.78 is 25.9. The Morgan fingerprint density at radius 2 is 1.81 bits per heavy atom. The predicted molar refractivity (Wildman–Crippen MR) is 95.0 cm³/mol. The lowest BCUT2D eigenvalue weighted by molar-refractivity contribution is 0.146. The molecule has 0 saturated carbocycles. The fraction of sp³-hybridized carbons (Fsp3) is 0.300. The number of H-pyrrole nitrogens is 1. The summed E-state index contributed by atoms with van der Waals surface area (Å²) in [4.78, 5) is 6.73. The Balaban J connectivity index is 1.60. The Kier molecular flexibility index (Phi) is 4.75. The van der Waals surface area contributed by atoms with Crippen molar-refractivity contribution < 1.29 is 8.78 Å². The quantitative estimate of drug-likeness (QED) is 0.749. The van der Waals surface area contributed by atoms with Gasteiger partial charge in [-0.1, -0.05) is 36.4 Å². The van der Waals surface area contributed by atoms with Gasteiger partial charge in [-0.3, -0.25) is 15.0 Å². The van der Waals surface area contributed by atoms with E-state index in [1.54, 1.807) is 6.20 Å². The van der Waals surface area contributed by atoms with Gasteiger partial charge in [-0.05, 0) is 23.8 Å². The summed E-state index contributed by atoms with van der Waals surface area (Å²) in [5.41, 5.74) is 2.82. The molecule has 4 rings (SSSR count). The first kappa shape index (κ1) is 16.8. The van der Waals surface area contributed by atoms with E-state index >= 15 is 0 Å². The van der Waals surface area contributed by atoms with Gasteiger partial charge in [-0.2, -0.15) is 5.10 Å². The lowest BCUT2D eigenvalue weighted by Gasteiger charge is -2.17. The van der Waals surface area contributed by atoms with E-state index in [-0.39, 0.29) is 17.5 Å². The van der Waals surface area contributed by atoms with Crippen molar-refractivity contribution in [3.05, 3.63) is 83.4 Å². The molecular weight excluding hydrogens is 334 g/mol. The van der Waals surface area contributed by atoms with Crippen molar-refractivity contribution in [2.24, 2.45) is 0 Å². The van der Waals surface area contributed by atoms with Crippen molar-refractivity contribution in [1.82, 2.24) is 20.1 Å². The van der Waals surface area contributed by atoms with Crippen LogP contribution in [0.1, 0.15) is 40.9 Å². The van der Waals surface area contributed by atoms with Crippen molar-refractivity contribution in [2.75, 3.05) is 13.1 Å². The smallest absolute Gasteiger partial charge is 0.282 e. The van der Waals surface area contributed by atoms with Crippen LogP contribution in [0.2, 0.25) is 0 Å². The van der Waals surface area contributed by atoms with E-state index in [1.165, 1.54) is 11.6 Å². The van der Waals surface area contributed by atoms with E-state index in [0.29, 0.717) is 0 Å². The molecule has 0 radical (unpaired) electrons. The fourth-order valence-electron chi connectivity index (χ4n) is 3.74. The molecule has 0 unspecified atom stereocenters. The number of likely N-dealkylation sites (tertiary alicyclic amines) is 1. The molecule has 0 amide bonds. The lowest BCUT2D eigenvalue weighted by Crippen LogP contribution is -2.20. The van der Waals surface area contributed by atoms with Crippen LogP contribution < -0.4 is 0 Å². The number of benzene rings is 1. The first-order valence-electron chi connectivity index (χ1n) is 8.71. The van der Waals surface area contributed by atoms with Crippen LogP contribution in [0.4, 0.5) is 8.78 Å². The molecule has 2 atom stereocenters. The second kappa shape index (κ2) is 7.33. The van der Waals surface area contributed by atoms with Crippen LogP contribution >= 0.6 is 0 Å². The standard InChI is InChI=1S/C20H20F2N4/c21-20(22)19-10-18(24-25-19)17-13-26(11-15-8-4-5-9-23-15)12-16(17)14-6-2-1-3-7-14/h1-10,16-17,20H,11-13H2,(H,24,25)/t16-,17+/m0/s1. The highest BCUT2D eigenvalue weighted by Crippen LogP contribution is 2.40. The van der Waals surface area contributed by atoms with Crippen molar-refractivity contribution in [1.29, 1.82) is 0 Å². The third kappa shape index (κ3) is 3.51. The SMILES string of the molecule is FC(F)c1cc([C@@H]2CN(Cc3ccccn3)C[C@H]2c2ccccc2)[nH]n1. The first-order chi connectivity index (χ1) is 12.7. The topological polar surface area (TPSA) is 44.8 Å². The van der Waals surface area contributed by atoms with Gasteiger partial charge in [0.05, 0.1) is 5.69 Å². The van der Waals surface area contributed by atoms with Crippen molar-refractivity contribution >= 4 is 0 Å². The number of hydrogen-bond acceptors (Lipinski definition) is 3. The van der Waals surface area contributed by atoms with Gasteiger partial charge >= 0.3 is 0 Å². The molecule has 0 spiro atoms. The number of alkyl halides is 2. The second-order valence-corrected chi connectivity index (χ2v) is 6.69.